The molecule has 6 heteroatoms. The lowest BCUT2D eigenvalue weighted by Gasteiger charge is -2.32. The van der Waals surface area contributed by atoms with Gasteiger partial charge >= 0.3 is 0 Å². The molecule has 0 radical (unpaired) electrons. The van der Waals surface area contributed by atoms with Crippen LogP contribution in [0.2, 0.25) is 0 Å². The normalized spacial score (nSPS) is 14.3. The van der Waals surface area contributed by atoms with Crippen molar-refractivity contribution in [3.63, 3.8) is 0 Å². The van der Waals surface area contributed by atoms with Crippen LogP contribution in [0.4, 0.5) is 0 Å². The molecule has 2 aromatic carbocycles. The third-order valence-electron chi connectivity index (χ3n) is 4.46. The van der Waals surface area contributed by atoms with Gasteiger partial charge < -0.3 is 15.1 Å². The number of hydrogen-bond donors (Lipinski definition) is 1. The summed E-state index contributed by atoms with van der Waals surface area (Å²) in [5.74, 6) is -0.647. The van der Waals surface area contributed by atoms with Crippen LogP contribution in [-0.2, 0) is 9.59 Å². The summed E-state index contributed by atoms with van der Waals surface area (Å²) in [7, 11) is 1.71. The first-order valence-electron chi connectivity index (χ1n) is 8.50. The average Bonchev–Trinajstić information content (AvgIpc) is 2.68. The predicted octanol–water partition coefficient (Wildman–Crippen LogP) is 1.38. The first-order valence-corrected chi connectivity index (χ1v) is 8.50. The van der Waals surface area contributed by atoms with E-state index in [-0.39, 0.29) is 30.8 Å². The number of hydrogen-bond acceptors (Lipinski definition) is 3. The third kappa shape index (κ3) is 4.08. The van der Waals surface area contributed by atoms with Gasteiger partial charge in [0.25, 0.3) is 5.91 Å². The molecule has 1 aliphatic rings. The highest BCUT2D eigenvalue weighted by Gasteiger charge is 2.24. The van der Waals surface area contributed by atoms with Gasteiger partial charge in [-0.3, -0.25) is 14.4 Å². The summed E-state index contributed by atoms with van der Waals surface area (Å²) in [5.41, 5.74) is 2.59. The van der Waals surface area contributed by atoms with Crippen molar-refractivity contribution in [1.29, 1.82) is 0 Å². The number of nitrogens with one attached hydrogen (secondary N) is 1. The maximum Gasteiger partial charge on any atom is 0.251 e. The number of rotatable bonds is 4. The summed E-state index contributed by atoms with van der Waals surface area (Å²) in [6.07, 6.45) is 0. The third-order valence-corrected chi connectivity index (χ3v) is 4.46. The van der Waals surface area contributed by atoms with E-state index in [1.54, 1.807) is 24.1 Å². The second-order valence-electron chi connectivity index (χ2n) is 6.26. The molecule has 0 saturated carbocycles. The predicted molar refractivity (Wildman–Crippen MR) is 98.4 cm³/mol. The van der Waals surface area contributed by atoms with Crippen molar-refractivity contribution >= 4 is 17.7 Å². The van der Waals surface area contributed by atoms with Crippen molar-refractivity contribution in [2.24, 2.45) is 0 Å². The van der Waals surface area contributed by atoms with Crippen molar-refractivity contribution in [3.05, 3.63) is 60.2 Å². The molecule has 0 atom stereocenters. The number of nitrogens with zero attached hydrogens (tertiary/aromatic N) is 2. The Kier molecular flexibility index (Phi) is 5.31. The molecule has 0 spiro atoms. The van der Waals surface area contributed by atoms with Crippen LogP contribution in [0.25, 0.3) is 11.1 Å². The fourth-order valence-electron chi connectivity index (χ4n) is 2.79. The van der Waals surface area contributed by atoms with E-state index in [1.807, 2.05) is 42.5 Å². The molecule has 1 aliphatic heterocycles. The molecule has 26 heavy (non-hydrogen) atoms. The largest absolute Gasteiger partial charge is 0.343 e. The number of carbonyl (C=O) groups excluding carboxylic acids is 3. The fourth-order valence-corrected chi connectivity index (χ4v) is 2.79. The highest BCUT2D eigenvalue weighted by molar-refractivity contribution is 5.97. The van der Waals surface area contributed by atoms with Crippen LogP contribution in [0, 0.1) is 0 Å². The summed E-state index contributed by atoms with van der Waals surface area (Å²) in [4.78, 5) is 39.1. The van der Waals surface area contributed by atoms with Gasteiger partial charge in [0.05, 0.1) is 13.1 Å². The summed E-state index contributed by atoms with van der Waals surface area (Å²) in [6, 6.07) is 17.1. The first kappa shape index (κ1) is 17.7. The van der Waals surface area contributed by atoms with Crippen molar-refractivity contribution in [2.45, 2.75) is 0 Å². The molecule has 2 aromatic rings. The summed E-state index contributed by atoms with van der Waals surface area (Å²) < 4.78 is 0. The minimum absolute atomic E-state index is 0.0664. The van der Waals surface area contributed by atoms with Crippen LogP contribution >= 0.6 is 0 Å². The Morgan fingerprint density at radius 1 is 0.962 bits per heavy atom. The van der Waals surface area contributed by atoms with Crippen LogP contribution < -0.4 is 5.32 Å². The number of amides is 3. The summed E-state index contributed by atoms with van der Waals surface area (Å²) in [6.45, 7) is 0.954. The lowest BCUT2D eigenvalue weighted by molar-refractivity contribution is -0.143. The second-order valence-corrected chi connectivity index (χ2v) is 6.26. The molecule has 3 rings (SSSR count). The van der Waals surface area contributed by atoms with Crippen molar-refractivity contribution < 1.29 is 14.4 Å². The van der Waals surface area contributed by atoms with Crippen molar-refractivity contribution in [2.75, 3.05) is 33.2 Å². The van der Waals surface area contributed by atoms with Gasteiger partial charge in [0.1, 0.15) is 0 Å². The van der Waals surface area contributed by atoms with Gasteiger partial charge in [0.2, 0.25) is 11.8 Å². The van der Waals surface area contributed by atoms with Gasteiger partial charge in [-0.15, -0.1) is 0 Å². The molecule has 0 unspecified atom stereocenters. The van der Waals surface area contributed by atoms with Gasteiger partial charge in [-0.25, -0.2) is 0 Å². The smallest absolute Gasteiger partial charge is 0.251 e. The Morgan fingerprint density at radius 3 is 2.27 bits per heavy atom. The van der Waals surface area contributed by atoms with E-state index in [0.29, 0.717) is 18.7 Å². The average molecular weight is 351 g/mol. The van der Waals surface area contributed by atoms with E-state index in [1.165, 1.54) is 4.90 Å². The van der Waals surface area contributed by atoms with Crippen LogP contribution in [0.1, 0.15) is 10.4 Å². The Labute approximate surface area is 152 Å². The number of piperazine rings is 1. The first-order chi connectivity index (χ1) is 12.5. The quantitative estimate of drug-likeness (QED) is 0.905. The SMILES string of the molecule is CN1CCN(C(=O)CNC(=O)c2ccc(-c3ccccc3)cc2)CC1=O. The lowest BCUT2D eigenvalue weighted by Crippen LogP contribution is -2.52. The zero-order valence-corrected chi connectivity index (χ0v) is 14.6. The van der Waals surface area contributed by atoms with Crippen LogP contribution in [-0.4, -0.2) is 60.7 Å². The van der Waals surface area contributed by atoms with Crippen molar-refractivity contribution in [3.8, 4) is 11.1 Å². The molecule has 0 aromatic heterocycles. The Bertz CT molecular complexity index is 803. The molecule has 1 saturated heterocycles. The Morgan fingerprint density at radius 2 is 1.62 bits per heavy atom. The van der Waals surface area contributed by atoms with E-state index < -0.39 is 0 Å². The minimum atomic E-state index is -0.307. The van der Waals surface area contributed by atoms with Gasteiger partial charge in [0, 0.05) is 25.7 Å². The standard InChI is InChI=1S/C20H21N3O3/c1-22-11-12-23(14-19(22)25)18(24)13-21-20(26)17-9-7-16(8-10-17)15-5-3-2-4-6-15/h2-10H,11-14H2,1H3,(H,21,26). The van der Waals surface area contributed by atoms with E-state index in [9.17, 15) is 14.4 Å². The Balaban J connectivity index is 1.55. The number of benzene rings is 2. The second kappa shape index (κ2) is 7.82. The van der Waals surface area contributed by atoms with Gasteiger partial charge in [-0.05, 0) is 23.3 Å². The molecule has 1 fully saturated rings. The zero-order valence-electron chi connectivity index (χ0n) is 14.6. The molecule has 0 bridgehead atoms. The molecular formula is C20H21N3O3. The molecule has 0 aliphatic carbocycles. The highest BCUT2D eigenvalue weighted by atomic mass is 16.2. The maximum atomic E-state index is 12.2. The molecule has 1 N–H and O–H groups in total. The lowest BCUT2D eigenvalue weighted by atomic mass is 10.0. The summed E-state index contributed by atoms with van der Waals surface area (Å²) >= 11 is 0. The van der Waals surface area contributed by atoms with Crippen LogP contribution in [0.3, 0.4) is 0 Å². The minimum Gasteiger partial charge on any atom is -0.343 e. The summed E-state index contributed by atoms with van der Waals surface area (Å²) in [5, 5.41) is 2.63. The molecule has 6 nitrogen and oxygen atoms in total. The van der Waals surface area contributed by atoms with E-state index in [2.05, 4.69) is 5.32 Å². The van der Waals surface area contributed by atoms with E-state index in [4.69, 9.17) is 0 Å². The van der Waals surface area contributed by atoms with Crippen LogP contribution in [0.15, 0.2) is 54.6 Å². The van der Waals surface area contributed by atoms with E-state index >= 15 is 0 Å². The van der Waals surface area contributed by atoms with E-state index in [0.717, 1.165) is 11.1 Å². The van der Waals surface area contributed by atoms with Gasteiger partial charge in [-0.2, -0.15) is 0 Å². The molecule has 1 heterocycles. The van der Waals surface area contributed by atoms with Gasteiger partial charge in [0.15, 0.2) is 0 Å². The highest BCUT2D eigenvalue weighted by Crippen LogP contribution is 2.19. The Hall–Kier alpha value is -3.15. The molecular weight excluding hydrogens is 330 g/mol. The number of likely N-dealkylation sites (N-methyl/N-ethyl adjacent to an activating group) is 1. The zero-order chi connectivity index (χ0) is 18.5. The van der Waals surface area contributed by atoms with Gasteiger partial charge in [-0.1, -0.05) is 42.5 Å². The maximum absolute atomic E-state index is 12.2. The fraction of sp³-hybridized carbons (Fsp3) is 0.250. The van der Waals surface area contributed by atoms with Crippen molar-refractivity contribution in [1.82, 2.24) is 15.1 Å². The number of carbonyl (C=O) groups is 3. The monoisotopic (exact) mass is 351 g/mol. The molecule has 3 amide bonds. The molecule has 134 valence electrons. The van der Waals surface area contributed by atoms with Crippen LogP contribution in [0.5, 0.6) is 0 Å². The topological polar surface area (TPSA) is 69.7 Å².